The normalized spacial score (nSPS) is 15.7. The Morgan fingerprint density at radius 2 is 1.89 bits per heavy atom. The standard InChI is InChI=1S/C21H22O6/c1-11-18(23)17-19(24)15(9-14-5-7-16(25-4)8-6-14)10-26-21(17)12(2)20(11)27-13(3)22/h5-8,15,23H,9-10H2,1-4H3. The molecular formula is C21H22O6. The van der Waals surface area contributed by atoms with Gasteiger partial charge in [0.15, 0.2) is 5.78 Å². The summed E-state index contributed by atoms with van der Waals surface area (Å²) in [7, 11) is 1.60. The number of hydrogen-bond acceptors (Lipinski definition) is 6. The van der Waals surface area contributed by atoms with Gasteiger partial charge in [-0.05, 0) is 38.0 Å². The van der Waals surface area contributed by atoms with Crippen LogP contribution in [0.1, 0.15) is 34.0 Å². The maximum Gasteiger partial charge on any atom is 0.308 e. The Bertz CT molecular complexity index is 898. The van der Waals surface area contributed by atoms with E-state index in [4.69, 9.17) is 14.2 Å². The molecule has 0 saturated carbocycles. The molecule has 3 rings (SSSR count). The third kappa shape index (κ3) is 3.47. The average Bonchev–Trinajstić information content (AvgIpc) is 2.65. The molecule has 0 radical (unpaired) electrons. The number of esters is 1. The molecule has 0 aromatic heterocycles. The smallest absolute Gasteiger partial charge is 0.308 e. The summed E-state index contributed by atoms with van der Waals surface area (Å²) in [5, 5.41) is 10.6. The van der Waals surface area contributed by atoms with Gasteiger partial charge in [-0.1, -0.05) is 12.1 Å². The van der Waals surface area contributed by atoms with Crippen molar-refractivity contribution in [2.45, 2.75) is 27.2 Å². The second-order valence-electron chi connectivity index (χ2n) is 6.65. The number of carbonyl (C=O) groups is 2. The van der Waals surface area contributed by atoms with Gasteiger partial charge in [-0.15, -0.1) is 0 Å². The van der Waals surface area contributed by atoms with Crippen LogP contribution in [0.15, 0.2) is 24.3 Å². The van der Waals surface area contributed by atoms with Crippen LogP contribution in [0.3, 0.4) is 0 Å². The van der Waals surface area contributed by atoms with Crippen LogP contribution >= 0.6 is 0 Å². The number of benzene rings is 2. The first-order chi connectivity index (χ1) is 12.8. The summed E-state index contributed by atoms with van der Waals surface area (Å²) in [6.07, 6.45) is 0.492. The molecule has 0 bridgehead atoms. The maximum absolute atomic E-state index is 13.0. The number of rotatable bonds is 4. The summed E-state index contributed by atoms with van der Waals surface area (Å²) in [6, 6.07) is 7.49. The third-order valence-corrected chi connectivity index (χ3v) is 4.77. The fourth-order valence-corrected chi connectivity index (χ4v) is 3.34. The summed E-state index contributed by atoms with van der Waals surface area (Å²) in [4.78, 5) is 24.4. The zero-order chi connectivity index (χ0) is 19.7. The van der Waals surface area contributed by atoms with Crippen LogP contribution in [0.2, 0.25) is 0 Å². The van der Waals surface area contributed by atoms with Crippen molar-refractivity contribution >= 4 is 11.8 Å². The van der Waals surface area contributed by atoms with E-state index in [9.17, 15) is 14.7 Å². The Hall–Kier alpha value is -3.02. The quantitative estimate of drug-likeness (QED) is 0.656. The second-order valence-corrected chi connectivity index (χ2v) is 6.65. The van der Waals surface area contributed by atoms with Crippen molar-refractivity contribution < 1.29 is 28.9 Å². The highest BCUT2D eigenvalue weighted by atomic mass is 16.5. The highest BCUT2D eigenvalue weighted by Gasteiger charge is 2.35. The molecule has 6 heteroatoms. The number of phenolic OH excluding ortho intramolecular Hbond substituents is 1. The third-order valence-electron chi connectivity index (χ3n) is 4.77. The Morgan fingerprint density at radius 3 is 2.48 bits per heavy atom. The minimum absolute atomic E-state index is 0.158. The van der Waals surface area contributed by atoms with Crippen molar-refractivity contribution in [2.75, 3.05) is 13.7 Å². The topological polar surface area (TPSA) is 82.1 Å². The van der Waals surface area contributed by atoms with Gasteiger partial charge in [-0.3, -0.25) is 9.59 Å². The number of methoxy groups -OCH3 is 1. The molecule has 2 aromatic rings. The average molecular weight is 370 g/mol. The monoisotopic (exact) mass is 370 g/mol. The van der Waals surface area contributed by atoms with E-state index in [1.807, 2.05) is 24.3 Å². The molecule has 6 nitrogen and oxygen atoms in total. The Kier molecular flexibility index (Phi) is 5.08. The van der Waals surface area contributed by atoms with E-state index < -0.39 is 11.9 Å². The summed E-state index contributed by atoms with van der Waals surface area (Å²) in [5.74, 6) is -0.0145. The van der Waals surface area contributed by atoms with Gasteiger partial charge in [-0.2, -0.15) is 0 Å². The number of fused-ring (bicyclic) bond motifs is 1. The molecule has 1 aliphatic heterocycles. The molecular weight excluding hydrogens is 348 g/mol. The van der Waals surface area contributed by atoms with Crippen LogP contribution in [0.25, 0.3) is 0 Å². The maximum atomic E-state index is 13.0. The van der Waals surface area contributed by atoms with E-state index in [2.05, 4.69) is 0 Å². The van der Waals surface area contributed by atoms with Crippen molar-refractivity contribution in [3.63, 3.8) is 0 Å². The predicted octanol–water partition coefficient (Wildman–Crippen LogP) is 3.38. The van der Waals surface area contributed by atoms with Crippen LogP contribution in [-0.4, -0.2) is 30.6 Å². The van der Waals surface area contributed by atoms with Gasteiger partial charge in [0.2, 0.25) is 0 Å². The summed E-state index contributed by atoms with van der Waals surface area (Å²) in [6.45, 7) is 4.80. The van der Waals surface area contributed by atoms with E-state index in [0.29, 0.717) is 17.5 Å². The van der Waals surface area contributed by atoms with E-state index in [-0.39, 0.29) is 35.2 Å². The fraction of sp³-hybridized carbons (Fsp3) is 0.333. The van der Waals surface area contributed by atoms with Gasteiger partial charge in [0, 0.05) is 18.1 Å². The molecule has 0 saturated heterocycles. The first-order valence-corrected chi connectivity index (χ1v) is 8.68. The number of phenols is 1. The van der Waals surface area contributed by atoms with E-state index in [0.717, 1.165) is 11.3 Å². The number of aromatic hydroxyl groups is 1. The SMILES string of the molecule is COc1ccc(CC2COc3c(C)c(OC(C)=O)c(C)c(O)c3C2=O)cc1. The Labute approximate surface area is 157 Å². The Balaban J connectivity index is 1.93. The lowest BCUT2D eigenvalue weighted by Gasteiger charge is -2.28. The molecule has 1 aliphatic rings. The first-order valence-electron chi connectivity index (χ1n) is 8.68. The predicted molar refractivity (Wildman–Crippen MR) is 98.9 cm³/mol. The van der Waals surface area contributed by atoms with Crippen molar-refractivity contribution in [1.29, 1.82) is 0 Å². The molecule has 2 aromatic carbocycles. The lowest BCUT2D eigenvalue weighted by molar-refractivity contribution is -0.131. The van der Waals surface area contributed by atoms with E-state index in [1.165, 1.54) is 6.92 Å². The summed E-state index contributed by atoms with van der Waals surface area (Å²) in [5.41, 5.74) is 2.02. The highest BCUT2D eigenvalue weighted by Crippen LogP contribution is 2.45. The molecule has 27 heavy (non-hydrogen) atoms. The van der Waals surface area contributed by atoms with E-state index >= 15 is 0 Å². The number of ether oxygens (including phenoxy) is 3. The lowest BCUT2D eigenvalue weighted by atomic mass is 9.87. The molecule has 1 heterocycles. The van der Waals surface area contributed by atoms with Crippen LogP contribution in [0.4, 0.5) is 0 Å². The van der Waals surface area contributed by atoms with Crippen LogP contribution in [0.5, 0.6) is 23.0 Å². The number of ketones is 1. The van der Waals surface area contributed by atoms with Gasteiger partial charge in [0.05, 0.1) is 19.6 Å². The van der Waals surface area contributed by atoms with Crippen molar-refractivity contribution in [3.05, 3.63) is 46.5 Å². The molecule has 0 spiro atoms. The zero-order valence-electron chi connectivity index (χ0n) is 15.8. The minimum atomic E-state index is -0.500. The number of Topliss-reactive ketones (excluding diaryl/α,β-unsaturated/α-hetero) is 1. The minimum Gasteiger partial charge on any atom is -0.507 e. The molecule has 0 aliphatic carbocycles. The van der Waals surface area contributed by atoms with Gasteiger partial charge >= 0.3 is 5.97 Å². The van der Waals surface area contributed by atoms with E-state index in [1.54, 1.807) is 21.0 Å². The van der Waals surface area contributed by atoms with Gasteiger partial charge in [-0.25, -0.2) is 0 Å². The molecule has 1 unspecified atom stereocenters. The van der Waals surface area contributed by atoms with Gasteiger partial charge in [0.25, 0.3) is 0 Å². The summed E-state index contributed by atoms with van der Waals surface area (Å²) >= 11 is 0. The molecule has 142 valence electrons. The zero-order valence-corrected chi connectivity index (χ0v) is 15.8. The van der Waals surface area contributed by atoms with Crippen molar-refractivity contribution in [1.82, 2.24) is 0 Å². The van der Waals surface area contributed by atoms with Crippen LogP contribution in [0, 0.1) is 19.8 Å². The largest absolute Gasteiger partial charge is 0.507 e. The van der Waals surface area contributed by atoms with Crippen molar-refractivity contribution in [2.24, 2.45) is 5.92 Å². The number of hydrogen-bond donors (Lipinski definition) is 1. The lowest BCUT2D eigenvalue weighted by Crippen LogP contribution is -2.30. The molecule has 0 fully saturated rings. The number of carbonyl (C=O) groups excluding carboxylic acids is 2. The van der Waals surface area contributed by atoms with Gasteiger partial charge in [0.1, 0.15) is 28.6 Å². The highest BCUT2D eigenvalue weighted by molar-refractivity contribution is 6.05. The fourth-order valence-electron chi connectivity index (χ4n) is 3.34. The van der Waals surface area contributed by atoms with Crippen LogP contribution < -0.4 is 14.2 Å². The van der Waals surface area contributed by atoms with Crippen LogP contribution in [-0.2, 0) is 11.2 Å². The first kappa shape index (κ1) is 18.8. The second kappa shape index (κ2) is 7.31. The molecule has 0 amide bonds. The molecule has 1 atom stereocenters. The summed E-state index contributed by atoms with van der Waals surface area (Å²) < 4.78 is 16.2. The molecule has 1 N–H and O–H groups in total. The van der Waals surface area contributed by atoms with Gasteiger partial charge < -0.3 is 19.3 Å². The van der Waals surface area contributed by atoms with Crippen molar-refractivity contribution in [3.8, 4) is 23.0 Å². The Morgan fingerprint density at radius 1 is 1.22 bits per heavy atom.